The Bertz CT molecular complexity index is 811. The highest BCUT2D eigenvalue weighted by molar-refractivity contribution is 6.00. The van der Waals surface area contributed by atoms with Crippen LogP contribution in [0.15, 0.2) is 34.7 Å². The number of carbonyl (C=O) groups is 3. The Kier molecular flexibility index (Phi) is 6.54. The standard InChI is InChI=1S/C19H23N3O4/c1-4-6-17(23)21-14-7-5-8-15(10-14)22-18(24)11-20-19(25)16-9-12(2)26-13(16)3/h5,7-10H,4,6,11H2,1-3H3,(H,20,25)(H,21,23)(H,22,24). The Hall–Kier alpha value is -3.09. The highest BCUT2D eigenvalue weighted by atomic mass is 16.3. The number of amides is 3. The molecule has 1 heterocycles. The van der Waals surface area contributed by atoms with E-state index in [9.17, 15) is 14.4 Å². The number of rotatable bonds is 7. The molecule has 0 bridgehead atoms. The highest BCUT2D eigenvalue weighted by Gasteiger charge is 2.14. The SMILES string of the molecule is CCCC(=O)Nc1cccc(NC(=O)CNC(=O)c2cc(C)oc2C)c1. The van der Waals surface area contributed by atoms with Crippen LogP contribution in [0.25, 0.3) is 0 Å². The quantitative estimate of drug-likeness (QED) is 0.709. The summed E-state index contributed by atoms with van der Waals surface area (Å²) in [5.74, 6) is 0.340. The van der Waals surface area contributed by atoms with Gasteiger partial charge in [-0.15, -0.1) is 0 Å². The molecule has 1 aromatic heterocycles. The van der Waals surface area contributed by atoms with Gasteiger partial charge in [0.15, 0.2) is 0 Å². The molecule has 26 heavy (non-hydrogen) atoms. The van der Waals surface area contributed by atoms with Crippen LogP contribution in [0.2, 0.25) is 0 Å². The number of anilines is 2. The number of benzene rings is 1. The molecule has 1 aromatic carbocycles. The van der Waals surface area contributed by atoms with Crippen LogP contribution in [0.3, 0.4) is 0 Å². The largest absolute Gasteiger partial charge is 0.466 e. The molecular weight excluding hydrogens is 334 g/mol. The van der Waals surface area contributed by atoms with Crippen molar-refractivity contribution in [2.24, 2.45) is 0 Å². The molecular formula is C19H23N3O4. The van der Waals surface area contributed by atoms with Gasteiger partial charge in [0, 0.05) is 17.8 Å². The van der Waals surface area contributed by atoms with E-state index in [1.807, 2.05) is 6.92 Å². The van der Waals surface area contributed by atoms with Gasteiger partial charge in [0.1, 0.15) is 11.5 Å². The first kappa shape index (κ1) is 19.2. The summed E-state index contributed by atoms with van der Waals surface area (Å²) >= 11 is 0. The molecule has 2 rings (SSSR count). The van der Waals surface area contributed by atoms with E-state index >= 15 is 0 Å². The predicted octanol–water partition coefficient (Wildman–Crippen LogP) is 3.00. The van der Waals surface area contributed by atoms with Crippen LogP contribution < -0.4 is 16.0 Å². The van der Waals surface area contributed by atoms with Gasteiger partial charge in [-0.3, -0.25) is 14.4 Å². The molecule has 0 radical (unpaired) electrons. The van der Waals surface area contributed by atoms with E-state index in [4.69, 9.17) is 4.42 Å². The number of hydrogen-bond donors (Lipinski definition) is 3. The molecule has 0 saturated carbocycles. The van der Waals surface area contributed by atoms with Crippen LogP contribution in [0, 0.1) is 13.8 Å². The van der Waals surface area contributed by atoms with Crippen LogP contribution in [0.5, 0.6) is 0 Å². The number of nitrogens with one attached hydrogen (secondary N) is 3. The zero-order valence-corrected chi connectivity index (χ0v) is 15.1. The van der Waals surface area contributed by atoms with Crippen molar-refractivity contribution in [3.05, 3.63) is 47.4 Å². The van der Waals surface area contributed by atoms with Gasteiger partial charge >= 0.3 is 0 Å². The summed E-state index contributed by atoms with van der Waals surface area (Å²) in [5.41, 5.74) is 1.56. The first-order valence-electron chi connectivity index (χ1n) is 8.44. The number of aryl methyl sites for hydroxylation is 2. The molecule has 3 N–H and O–H groups in total. The van der Waals surface area contributed by atoms with Crippen molar-refractivity contribution in [2.75, 3.05) is 17.2 Å². The highest BCUT2D eigenvalue weighted by Crippen LogP contribution is 2.16. The molecule has 138 valence electrons. The Labute approximate surface area is 152 Å². The zero-order valence-electron chi connectivity index (χ0n) is 15.1. The lowest BCUT2D eigenvalue weighted by atomic mass is 10.2. The van der Waals surface area contributed by atoms with Gasteiger partial charge in [0.2, 0.25) is 11.8 Å². The maximum absolute atomic E-state index is 12.1. The Balaban J connectivity index is 1.88. The van der Waals surface area contributed by atoms with Gasteiger partial charge in [0.25, 0.3) is 5.91 Å². The molecule has 0 aliphatic rings. The fourth-order valence-corrected chi connectivity index (χ4v) is 2.44. The van der Waals surface area contributed by atoms with Crippen molar-refractivity contribution < 1.29 is 18.8 Å². The van der Waals surface area contributed by atoms with Crippen molar-refractivity contribution in [1.82, 2.24) is 5.32 Å². The molecule has 0 aliphatic carbocycles. The van der Waals surface area contributed by atoms with Crippen LogP contribution in [-0.4, -0.2) is 24.3 Å². The van der Waals surface area contributed by atoms with Gasteiger partial charge in [-0.1, -0.05) is 13.0 Å². The monoisotopic (exact) mass is 357 g/mol. The minimum atomic E-state index is -0.367. The maximum Gasteiger partial charge on any atom is 0.255 e. The number of carbonyl (C=O) groups excluding carboxylic acids is 3. The summed E-state index contributed by atoms with van der Waals surface area (Å²) in [4.78, 5) is 35.7. The lowest BCUT2D eigenvalue weighted by Crippen LogP contribution is -2.33. The molecule has 0 saturated heterocycles. The number of hydrogen-bond acceptors (Lipinski definition) is 4. The molecule has 0 atom stereocenters. The third kappa shape index (κ3) is 5.47. The molecule has 0 fully saturated rings. The average Bonchev–Trinajstić information content (AvgIpc) is 2.91. The van der Waals surface area contributed by atoms with E-state index in [1.165, 1.54) is 0 Å². The predicted molar refractivity (Wildman–Crippen MR) is 99.1 cm³/mol. The number of furan rings is 1. The minimum Gasteiger partial charge on any atom is -0.466 e. The smallest absolute Gasteiger partial charge is 0.255 e. The lowest BCUT2D eigenvalue weighted by Gasteiger charge is -2.09. The van der Waals surface area contributed by atoms with Crippen LogP contribution in [0.1, 0.15) is 41.6 Å². The second-order valence-corrected chi connectivity index (χ2v) is 5.94. The maximum atomic E-state index is 12.1. The van der Waals surface area contributed by atoms with Gasteiger partial charge in [-0.2, -0.15) is 0 Å². The van der Waals surface area contributed by atoms with E-state index in [2.05, 4.69) is 16.0 Å². The first-order chi connectivity index (χ1) is 12.4. The van der Waals surface area contributed by atoms with E-state index in [0.29, 0.717) is 34.9 Å². The van der Waals surface area contributed by atoms with Gasteiger partial charge < -0.3 is 20.4 Å². The summed E-state index contributed by atoms with van der Waals surface area (Å²) in [6.07, 6.45) is 1.20. The topological polar surface area (TPSA) is 100 Å². The summed E-state index contributed by atoms with van der Waals surface area (Å²) in [6.45, 7) is 5.20. The molecule has 2 aromatic rings. The van der Waals surface area contributed by atoms with Crippen molar-refractivity contribution in [3.8, 4) is 0 Å². The second-order valence-electron chi connectivity index (χ2n) is 5.94. The zero-order chi connectivity index (χ0) is 19.1. The third-order valence-corrected chi connectivity index (χ3v) is 3.60. The summed E-state index contributed by atoms with van der Waals surface area (Å²) in [7, 11) is 0. The van der Waals surface area contributed by atoms with Gasteiger partial charge in [-0.25, -0.2) is 0 Å². The summed E-state index contributed by atoms with van der Waals surface area (Å²) in [5, 5.41) is 8.01. The van der Waals surface area contributed by atoms with E-state index in [-0.39, 0.29) is 24.3 Å². The van der Waals surface area contributed by atoms with E-state index < -0.39 is 0 Å². The normalized spacial score (nSPS) is 10.3. The summed E-state index contributed by atoms with van der Waals surface area (Å²) < 4.78 is 5.30. The molecule has 0 unspecified atom stereocenters. The molecule has 3 amide bonds. The Morgan fingerprint density at radius 1 is 1.00 bits per heavy atom. The molecule has 0 spiro atoms. The van der Waals surface area contributed by atoms with Crippen LogP contribution >= 0.6 is 0 Å². The molecule has 7 nitrogen and oxygen atoms in total. The fourth-order valence-electron chi connectivity index (χ4n) is 2.44. The minimum absolute atomic E-state index is 0.0750. The summed E-state index contributed by atoms with van der Waals surface area (Å²) in [6, 6.07) is 8.48. The fraction of sp³-hybridized carbons (Fsp3) is 0.316. The Morgan fingerprint density at radius 2 is 1.65 bits per heavy atom. The van der Waals surface area contributed by atoms with Crippen LogP contribution in [-0.2, 0) is 9.59 Å². The Morgan fingerprint density at radius 3 is 2.23 bits per heavy atom. The van der Waals surface area contributed by atoms with Gasteiger partial charge in [0.05, 0.1) is 12.1 Å². The van der Waals surface area contributed by atoms with Gasteiger partial charge in [-0.05, 0) is 44.5 Å². The first-order valence-corrected chi connectivity index (χ1v) is 8.44. The second kappa shape index (κ2) is 8.84. The molecule has 7 heteroatoms. The van der Waals surface area contributed by atoms with Crippen LogP contribution in [0.4, 0.5) is 11.4 Å². The van der Waals surface area contributed by atoms with Crippen molar-refractivity contribution >= 4 is 29.1 Å². The third-order valence-electron chi connectivity index (χ3n) is 3.60. The van der Waals surface area contributed by atoms with Crippen molar-refractivity contribution in [3.63, 3.8) is 0 Å². The lowest BCUT2D eigenvalue weighted by molar-refractivity contribution is -0.116. The van der Waals surface area contributed by atoms with Crippen molar-refractivity contribution in [1.29, 1.82) is 0 Å². The average molecular weight is 357 g/mol. The van der Waals surface area contributed by atoms with E-state index in [1.54, 1.807) is 44.2 Å². The molecule has 0 aliphatic heterocycles. The van der Waals surface area contributed by atoms with E-state index in [0.717, 1.165) is 6.42 Å². The van der Waals surface area contributed by atoms with Crippen molar-refractivity contribution in [2.45, 2.75) is 33.6 Å².